The molecular formula is C52H32N2OS. The number of rotatable bonds is 4. The molecule has 0 fully saturated rings. The van der Waals surface area contributed by atoms with Gasteiger partial charge in [0.25, 0.3) is 0 Å². The second-order valence-corrected chi connectivity index (χ2v) is 15.8. The third-order valence-electron chi connectivity index (χ3n) is 11.5. The van der Waals surface area contributed by atoms with Gasteiger partial charge in [-0.25, -0.2) is 4.99 Å². The quantitative estimate of drug-likeness (QED) is 0.183. The summed E-state index contributed by atoms with van der Waals surface area (Å²) in [6.45, 7) is 0. The molecule has 1 unspecified atom stereocenters. The maximum atomic E-state index is 6.24. The fourth-order valence-corrected chi connectivity index (χ4v) is 10.1. The number of nitrogens with one attached hydrogen (secondary N) is 1. The highest BCUT2D eigenvalue weighted by molar-refractivity contribution is 8.03. The molecule has 0 amide bonds. The third-order valence-corrected chi connectivity index (χ3v) is 12.8. The van der Waals surface area contributed by atoms with Crippen LogP contribution in [0.3, 0.4) is 0 Å². The molecule has 9 aromatic carbocycles. The highest BCUT2D eigenvalue weighted by Crippen LogP contribution is 2.52. The van der Waals surface area contributed by atoms with Gasteiger partial charge >= 0.3 is 0 Å². The fraction of sp³-hybridized carbons (Fsp3) is 0.0192. The van der Waals surface area contributed by atoms with Gasteiger partial charge in [-0.3, -0.25) is 0 Å². The molecule has 0 spiro atoms. The maximum Gasteiger partial charge on any atom is 0.136 e. The Balaban J connectivity index is 1.07. The van der Waals surface area contributed by atoms with E-state index in [1.165, 1.54) is 47.7 Å². The standard InChI is InChI=1S/C52H32N2OS/c1-2-12-33(13-3-1)49-51-50(42-19-9-11-21-47(42)56-51)54-52(53-49)44-29-35(28-43-38-16-5-4-14-36(38)37-15-6-7-18-41(37)48(43)44)32-24-22-31(23-25-32)34-26-27-40-39-17-8-10-20-45(39)55-46(40)30-34/h1-30,50H,(H,53,54). The van der Waals surface area contributed by atoms with Crippen LogP contribution in [-0.4, -0.2) is 5.84 Å². The number of thioether (sulfide) groups is 1. The zero-order valence-electron chi connectivity index (χ0n) is 30.2. The molecule has 12 rings (SSSR count). The molecule has 0 aliphatic carbocycles. The molecule has 56 heavy (non-hydrogen) atoms. The molecule has 0 saturated heterocycles. The van der Waals surface area contributed by atoms with E-state index in [1.807, 2.05) is 23.9 Å². The van der Waals surface area contributed by atoms with E-state index in [1.54, 1.807) is 0 Å². The van der Waals surface area contributed by atoms with Crippen molar-refractivity contribution < 1.29 is 4.42 Å². The van der Waals surface area contributed by atoms with Gasteiger partial charge < -0.3 is 9.73 Å². The van der Waals surface area contributed by atoms with Crippen LogP contribution in [-0.2, 0) is 0 Å². The summed E-state index contributed by atoms with van der Waals surface area (Å²) in [5.41, 5.74) is 10.9. The van der Waals surface area contributed by atoms with Crippen LogP contribution in [0, 0.1) is 0 Å². The minimum absolute atomic E-state index is 0.00714. The number of furan rings is 1. The highest BCUT2D eigenvalue weighted by Gasteiger charge is 2.35. The number of hydrogen-bond acceptors (Lipinski definition) is 4. The van der Waals surface area contributed by atoms with Gasteiger partial charge in [0.15, 0.2) is 0 Å². The van der Waals surface area contributed by atoms with Gasteiger partial charge in [0.1, 0.15) is 17.0 Å². The fourth-order valence-electron chi connectivity index (χ4n) is 8.88. The van der Waals surface area contributed by atoms with Crippen LogP contribution in [0.15, 0.2) is 201 Å². The topological polar surface area (TPSA) is 37.5 Å². The smallest absolute Gasteiger partial charge is 0.136 e. The van der Waals surface area contributed by atoms with Crippen LogP contribution in [0.25, 0.3) is 82.2 Å². The molecule has 2 aliphatic rings. The lowest BCUT2D eigenvalue weighted by molar-refractivity contribution is 0.669. The van der Waals surface area contributed by atoms with Crippen LogP contribution in [0.4, 0.5) is 0 Å². The van der Waals surface area contributed by atoms with Crippen molar-refractivity contribution in [1.29, 1.82) is 0 Å². The minimum Gasteiger partial charge on any atom is -0.456 e. The average molecular weight is 733 g/mol. The van der Waals surface area contributed by atoms with Crippen molar-refractivity contribution in [2.24, 2.45) is 4.99 Å². The Bertz CT molecular complexity index is 3300. The zero-order valence-corrected chi connectivity index (χ0v) is 31.0. The molecule has 4 heteroatoms. The Morgan fingerprint density at radius 2 is 1.05 bits per heavy atom. The summed E-state index contributed by atoms with van der Waals surface area (Å²) in [6, 6.07) is 65.5. The first kappa shape index (κ1) is 31.5. The van der Waals surface area contributed by atoms with Crippen LogP contribution in [0.5, 0.6) is 0 Å². The molecule has 262 valence electrons. The lowest BCUT2D eigenvalue weighted by Gasteiger charge is -2.27. The predicted molar refractivity (Wildman–Crippen MR) is 235 cm³/mol. The van der Waals surface area contributed by atoms with Crippen LogP contribution in [0.1, 0.15) is 22.7 Å². The molecule has 0 saturated carbocycles. The summed E-state index contributed by atoms with van der Waals surface area (Å²) in [7, 11) is 0. The first-order valence-electron chi connectivity index (χ1n) is 19.1. The number of fused-ring (bicyclic) bond motifs is 12. The number of benzene rings is 9. The van der Waals surface area contributed by atoms with Gasteiger partial charge in [-0.2, -0.15) is 0 Å². The molecule has 3 nitrogen and oxygen atoms in total. The van der Waals surface area contributed by atoms with Crippen LogP contribution < -0.4 is 5.32 Å². The summed E-state index contributed by atoms with van der Waals surface area (Å²) in [5.74, 6) is 0.887. The molecule has 0 radical (unpaired) electrons. The zero-order chi connectivity index (χ0) is 36.7. The Kier molecular flexibility index (Phi) is 6.92. The number of hydrogen-bond donors (Lipinski definition) is 1. The van der Waals surface area contributed by atoms with Gasteiger partial charge in [0.2, 0.25) is 0 Å². The van der Waals surface area contributed by atoms with E-state index in [-0.39, 0.29) is 6.04 Å². The van der Waals surface area contributed by atoms with Crippen LogP contribution >= 0.6 is 11.8 Å². The summed E-state index contributed by atoms with van der Waals surface area (Å²) >= 11 is 1.83. The van der Waals surface area contributed by atoms with Crippen molar-refractivity contribution in [2.45, 2.75) is 10.9 Å². The van der Waals surface area contributed by atoms with Crippen molar-refractivity contribution in [1.82, 2.24) is 5.32 Å². The number of nitrogens with zero attached hydrogens (tertiary/aromatic N) is 1. The predicted octanol–water partition coefficient (Wildman–Crippen LogP) is 13.9. The largest absolute Gasteiger partial charge is 0.456 e. The summed E-state index contributed by atoms with van der Waals surface area (Å²) in [4.78, 5) is 8.09. The number of aliphatic imine (C=N–C) groups is 1. The lowest BCUT2D eigenvalue weighted by atomic mass is 9.88. The Hall–Kier alpha value is -6.88. The second-order valence-electron chi connectivity index (χ2n) is 14.7. The van der Waals surface area contributed by atoms with E-state index in [4.69, 9.17) is 9.41 Å². The molecule has 0 bridgehead atoms. The molecule has 1 atom stereocenters. The summed E-state index contributed by atoms with van der Waals surface area (Å²) in [6.07, 6.45) is 0. The normalized spacial score (nSPS) is 15.1. The molecule has 2 aliphatic heterocycles. The molecule has 3 heterocycles. The van der Waals surface area contributed by atoms with E-state index in [0.717, 1.165) is 66.9 Å². The SMILES string of the molecule is c1ccc(C2=C3Sc4ccccc4C3NC(c3cc(-c4ccc(-c5ccc6c(c5)oc5ccccc56)cc4)cc4c5ccccc5c5ccccc5c34)=N2)cc1. The summed E-state index contributed by atoms with van der Waals surface area (Å²) < 4.78 is 6.24. The summed E-state index contributed by atoms with van der Waals surface area (Å²) in [5, 5.41) is 13.6. The second kappa shape index (κ2) is 12.3. The number of amidine groups is 1. The molecular weight excluding hydrogens is 701 g/mol. The van der Waals surface area contributed by atoms with Crippen molar-refractivity contribution in [3.63, 3.8) is 0 Å². The first-order valence-corrected chi connectivity index (χ1v) is 19.9. The average Bonchev–Trinajstić information content (AvgIpc) is 3.84. The van der Waals surface area contributed by atoms with Gasteiger partial charge in [-0.05, 0) is 91.1 Å². The minimum atomic E-state index is 0.00714. The van der Waals surface area contributed by atoms with Gasteiger partial charge in [-0.1, -0.05) is 157 Å². The van der Waals surface area contributed by atoms with E-state index in [9.17, 15) is 0 Å². The van der Waals surface area contributed by atoms with Crippen molar-refractivity contribution in [3.8, 4) is 22.3 Å². The van der Waals surface area contributed by atoms with E-state index < -0.39 is 0 Å². The third kappa shape index (κ3) is 4.83. The van der Waals surface area contributed by atoms with Crippen molar-refractivity contribution in [2.75, 3.05) is 0 Å². The molecule has 1 aromatic heterocycles. The monoisotopic (exact) mass is 732 g/mol. The first-order chi connectivity index (χ1) is 27.7. The van der Waals surface area contributed by atoms with Gasteiger partial charge in [0, 0.05) is 37.1 Å². The van der Waals surface area contributed by atoms with E-state index in [2.05, 4.69) is 175 Å². The Morgan fingerprint density at radius 3 is 1.86 bits per heavy atom. The molecule has 10 aromatic rings. The van der Waals surface area contributed by atoms with Gasteiger partial charge in [0.05, 0.1) is 11.7 Å². The maximum absolute atomic E-state index is 6.24. The van der Waals surface area contributed by atoms with Crippen molar-refractivity contribution >= 4 is 77.6 Å². The van der Waals surface area contributed by atoms with E-state index >= 15 is 0 Å². The highest BCUT2D eigenvalue weighted by atomic mass is 32.2. The Labute approximate surface area is 327 Å². The van der Waals surface area contributed by atoms with Crippen molar-refractivity contribution in [3.05, 3.63) is 204 Å². The van der Waals surface area contributed by atoms with Crippen LogP contribution in [0.2, 0.25) is 0 Å². The molecule has 1 N–H and O–H groups in total. The Morgan fingerprint density at radius 1 is 0.446 bits per heavy atom. The van der Waals surface area contributed by atoms with E-state index in [0.29, 0.717) is 0 Å². The lowest BCUT2D eigenvalue weighted by Crippen LogP contribution is -2.32. The van der Waals surface area contributed by atoms with Gasteiger partial charge in [-0.15, -0.1) is 0 Å². The number of para-hydroxylation sites is 1.